The maximum Gasteiger partial charge on any atom is 0.254 e. The average Bonchev–Trinajstić information content (AvgIpc) is 2.28. The molecular weight excluding hydrogens is 210 g/mol. The van der Waals surface area contributed by atoms with Gasteiger partial charge >= 0.3 is 0 Å². The Balaban J connectivity index is 2.79. The van der Waals surface area contributed by atoms with Crippen LogP contribution in [-0.2, 0) is 9.59 Å². The number of carbonyl (C=O) groups is 2. The molecule has 0 aliphatic carbocycles. The normalized spacial score (nSPS) is 19.6. The average molecular weight is 218 g/mol. The Hall–Kier alpha value is -0.640. The topological polar surface area (TPSA) is 46.2 Å². The molecule has 4 heteroatoms. The summed E-state index contributed by atoms with van der Waals surface area (Å²) in [6, 6.07) is 0. The smallest absolute Gasteiger partial charge is 0.254 e. The van der Waals surface area contributed by atoms with E-state index < -0.39 is 0 Å². The van der Waals surface area contributed by atoms with Crippen LogP contribution in [0.3, 0.4) is 0 Å². The minimum atomic E-state index is -0.308. The number of hydrogen-bond donors (Lipinski definition) is 1. The molecule has 1 N–H and O–H groups in total. The SMILES string of the molecule is CC(CBr)C1=CC(=O)NC1=O. The van der Waals surface area contributed by atoms with Crippen molar-refractivity contribution in [3.8, 4) is 0 Å². The van der Waals surface area contributed by atoms with Crippen molar-refractivity contribution in [3.63, 3.8) is 0 Å². The van der Waals surface area contributed by atoms with Crippen molar-refractivity contribution in [3.05, 3.63) is 11.6 Å². The summed E-state index contributed by atoms with van der Waals surface area (Å²) in [7, 11) is 0. The summed E-state index contributed by atoms with van der Waals surface area (Å²) < 4.78 is 0. The van der Waals surface area contributed by atoms with Gasteiger partial charge in [0.2, 0.25) is 0 Å². The molecular formula is C7H8BrNO2. The van der Waals surface area contributed by atoms with E-state index in [2.05, 4.69) is 21.2 Å². The first-order chi connectivity index (χ1) is 5.15. The second-order valence-electron chi connectivity index (χ2n) is 2.47. The second-order valence-corrected chi connectivity index (χ2v) is 3.12. The van der Waals surface area contributed by atoms with Gasteiger partial charge in [0, 0.05) is 17.0 Å². The van der Waals surface area contributed by atoms with E-state index in [0.29, 0.717) is 10.9 Å². The lowest BCUT2D eigenvalue weighted by Crippen LogP contribution is -2.23. The van der Waals surface area contributed by atoms with Gasteiger partial charge in [0.25, 0.3) is 11.8 Å². The molecule has 0 bridgehead atoms. The zero-order valence-corrected chi connectivity index (χ0v) is 7.64. The van der Waals surface area contributed by atoms with E-state index in [4.69, 9.17) is 0 Å². The Morgan fingerprint density at radius 3 is 2.64 bits per heavy atom. The molecule has 0 radical (unpaired) electrons. The fraction of sp³-hybridized carbons (Fsp3) is 0.429. The summed E-state index contributed by atoms with van der Waals surface area (Å²) >= 11 is 3.24. The number of rotatable bonds is 2. The third kappa shape index (κ3) is 1.68. The second kappa shape index (κ2) is 3.17. The van der Waals surface area contributed by atoms with Crippen LogP contribution >= 0.6 is 15.9 Å². The van der Waals surface area contributed by atoms with Crippen molar-refractivity contribution >= 4 is 27.7 Å². The number of hydrogen-bond acceptors (Lipinski definition) is 2. The molecule has 0 aromatic heterocycles. The van der Waals surface area contributed by atoms with Crippen LogP contribution in [0.25, 0.3) is 0 Å². The van der Waals surface area contributed by atoms with Crippen LogP contribution in [0.4, 0.5) is 0 Å². The molecule has 0 fully saturated rings. The van der Waals surface area contributed by atoms with Gasteiger partial charge in [0.15, 0.2) is 0 Å². The number of alkyl halides is 1. The van der Waals surface area contributed by atoms with E-state index in [-0.39, 0.29) is 17.7 Å². The van der Waals surface area contributed by atoms with Gasteiger partial charge in [-0.3, -0.25) is 14.9 Å². The van der Waals surface area contributed by atoms with E-state index in [9.17, 15) is 9.59 Å². The Morgan fingerprint density at radius 2 is 2.27 bits per heavy atom. The zero-order valence-electron chi connectivity index (χ0n) is 6.06. The van der Waals surface area contributed by atoms with Gasteiger partial charge in [-0.1, -0.05) is 22.9 Å². The fourth-order valence-electron chi connectivity index (χ4n) is 0.876. The van der Waals surface area contributed by atoms with Crippen LogP contribution in [-0.4, -0.2) is 17.1 Å². The molecule has 0 saturated heterocycles. The molecule has 2 amide bonds. The van der Waals surface area contributed by atoms with Crippen LogP contribution in [0.5, 0.6) is 0 Å². The Labute approximate surface area is 73.0 Å². The molecule has 1 aliphatic heterocycles. The summed E-state index contributed by atoms with van der Waals surface area (Å²) in [5, 5.41) is 2.88. The lowest BCUT2D eigenvalue weighted by Gasteiger charge is -2.04. The third-order valence-electron chi connectivity index (χ3n) is 1.55. The summed E-state index contributed by atoms with van der Waals surface area (Å²) in [5.74, 6) is -0.471. The van der Waals surface area contributed by atoms with Gasteiger partial charge in [-0.05, 0) is 5.92 Å². The van der Waals surface area contributed by atoms with Crippen molar-refractivity contribution in [1.82, 2.24) is 5.32 Å². The van der Waals surface area contributed by atoms with Crippen LogP contribution in [0.1, 0.15) is 6.92 Å². The van der Waals surface area contributed by atoms with Crippen molar-refractivity contribution in [2.24, 2.45) is 5.92 Å². The van der Waals surface area contributed by atoms with Crippen molar-refractivity contribution in [2.45, 2.75) is 6.92 Å². The van der Waals surface area contributed by atoms with E-state index in [1.54, 1.807) is 0 Å². The van der Waals surface area contributed by atoms with Gasteiger partial charge in [-0.2, -0.15) is 0 Å². The van der Waals surface area contributed by atoms with Gasteiger partial charge in [-0.25, -0.2) is 0 Å². The molecule has 0 spiro atoms. The molecule has 11 heavy (non-hydrogen) atoms. The molecule has 0 aromatic carbocycles. The van der Waals surface area contributed by atoms with Crippen molar-refractivity contribution in [1.29, 1.82) is 0 Å². The Morgan fingerprint density at radius 1 is 1.64 bits per heavy atom. The van der Waals surface area contributed by atoms with E-state index in [0.717, 1.165) is 0 Å². The summed E-state index contributed by atoms with van der Waals surface area (Å²) in [4.78, 5) is 21.6. The van der Waals surface area contributed by atoms with Crippen LogP contribution in [0.15, 0.2) is 11.6 Å². The molecule has 1 unspecified atom stereocenters. The summed E-state index contributed by atoms with van der Waals surface area (Å²) in [6.45, 7) is 1.89. The molecule has 3 nitrogen and oxygen atoms in total. The van der Waals surface area contributed by atoms with Crippen molar-refractivity contribution in [2.75, 3.05) is 5.33 Å². The molecule has 1 rings (SSSR count). The fourth-order valence-corrected chi connectivity index (χ4v) is 1.22. The number of halogens is 1. The summed E-state index contributed by atoms with van der Waals surface area (Å²) in [6.07, 6.45) is 1.36. The van der Waals surface area contributed by atoms with Crippen LogP contribution < -0.4 is 5.32 Å². The number of amides is 2. The zero-order chi connectivity index (χ0) is 8.43. The first-order valence-electron chi connectivity index (χ1n) is 3.28. The lowest BCUT2D eigenvalue weighted by atomic mass is 10.0. The Bertz CT molecular complexity index is 235. The minimum Gasteiger partial charge on any atom is -0.289 e. The number of imide groups is 1. The maximum atomic E-state index is 11.0. The first kappa shape index (κ1) is 8.46. The quantitative estimate of drug-likeness (QED) is 0.544. The molecule has 0 aromatic rings. The highest BCUT2D eigenvalue weighted by Gasteiger charge is 2.24. The first-order valence-corrected chi connectivity index (χ1v) is 4.40. The van der Waals surface area contributed by atoms with E-state index >= 15 is 0 Å². The molecule has 60 valence electrons. The van der Waals surface area contributed by atoms with Gasteiger partial charge in [0.05, 0.1) is 0 Å². The van der Waals surface area contributed by atoms with Gasteiger partial charge in [0.1, 0.15) is 0 Å². The minimum absolute atomic E-state index is 0.0986. The molecule has 1 atom stereocenters. The third-order valence-corrected chi connectivity index (χ3v) is 2.52. The summed E-state index contributed by atoms with van der Waals surface area (Å²) in [5.41, 5.74) is 0.562. The largest absolute Gasteiger partial charge is 0.289 e. The monoisotopic (exact) mass is 217 g/mol. The van der Waals surface area contributed by atoms with Gasteiger partial charge in [-0.15, -0.1) is 0 Å². The van der Waals surface area contributed by atoms with Gasteiger partial charge < -0.3 is 0 Å². The van der Waals surface area contributed by atoms with Crippen molar-refractivity contribution < 1.29 is 9.59 Å². The Kier molecular flexibility index (Phi) is 2.44. The molecule has 1 aliphatic rings. The highest BCUT2D eigenvalue weighted by Crippen LogP contribution is 2.16. The highest BCUT2D eigenvalue weighted by atomic mass is 79.9. The predicted molar refractivity (Wildman–Crippen MR) is 44.2 cm³/mol. The standard InChI is InChI=1S/C7H8BrNO2/c1-4(3-8)5-2-6(10)9-7(5)11/h2,4H,3H2,1H3,(H,9,10,11). The van der Waals surface area contributed by atoms with Crippen LogP contribution in [0, 0.1) is 5.92 Å². The predicted octanol–water partition coefficient (Wildman–Crippen LogP) is 0.600. The molecule has 1 heterocycles. The lowest BCUT2D eigenvalue weighted by molar-refractivity contribution is -0.124. The van der Waals surface area contributed by atoms with E-state index in [1.165, 1.54) is 6.08 Å². The van der Waals surface area contributed by atoms with E-state index in [1.807, 2.05) is 6.92 Å². The highest BCUT2D eigenvalue weighted by molar-refractivity contribution is 9.09. The number of carbonyl (C=O) groups excluding carboxylic acids is 2. The maximum absolute atomic E-state index is 11.0. The molecule has 0 saturated carbocycles. The number of nitrogens with one attached hydrogen (secondary N) is 1. The van der Waals surface area contributed by atoms with Crippen LogP contribution in [0.2, 0.25) is 0 Å².